The topological polar surface area (TPSA) is 140 Å². The van der Waals surface area contributed by atoms with Crippen molar-refractivity contribution in [1.82, 2.24) is 25.2 Å². The Balaban J connectivity index is 1.49. The van der Waals surface area contributed by atoms with Gasteiger partial charge in [-0.2, -0.15) is 4.98 Å². The van der Waals surface area contributed by atoms with E-state index in [1.807, 2.05) is 0 Å². The number of carbonyl (C=O) groups is 3. The number of nitrogens with zero attached hydrogens (tertiary/aromatic N) is 4. The molecule has 2 aromatic heterocycles. The number of hydrogen-bond donors (Lipinski definition) is 2. The molecule has 0 atom stereocenters. The van der Waals surface area contributed by atoms with Gasteiger partial charge in [0, 0.05) is 31.5 Å². The summed E-state index contributed by atoms with van der Waals surface area (Å²) < 4.78 is 10.1. The van der Waals surface area contributed by atoms with E-state index in [1.54, 1.807) is 11.8 Å². The number of hydrogen-bond acceptors (Lipinski definition) is 8. The molecule has 0 saturated carbocycles. The summed E-state index contributed by atoms with van der Waals surface area (Å²) in [5.41, 5.74) is 0.141. The lowest BCUT2D eigenvalue weighted by molar-refractivity contribution is 0.0855. The zero-order valence-electron chi connectivity index (χ0n) is 15.3. The fraction of sp³-hybridized carbons (Fsp3) is 0.412. The molecule has 28 heavy (non-hydrogen) atoms. The van der Waals surface area contributed by atoms with Crippen LogP contribution >= 0.6 is 0 Å². The highest BCUT2D eigenvalue weighted by molar-refractivity contribution is 6.01. The van der Waals surface area contributed by atoms with Gasteiger partial charge in [0.15, 0.2) is 5.69 Å². The van der Waals surface area contributed by atoms with Crippen LogP contribution in [0.5, 0.6) is 0 Å². The fourth-order valence-corrected chi connectivity index (χ4v) is 2.69. The number of piperidine rings is 1. The molecule has 0 radical (unpaired) electrons. The average molecular weight is 388 g/mol. The maximum atomic E-state index is 12.3. The van der Waals surface area contributed by atoms with E-state index >= 15 is 0 Å². The first-order valence-corrected chi connectivity index (χ1v) is 8.82. The number of oxazole rings is 1. The maximum absolute atomic E-state index is 12.3. The zero-order chi connectivity index (χ0) is 19.9. The van der Waals surface area contributed by atoms with Crippen LogP contribution in [0.2, 0.25) is 0 Å². The predicted molar refractivity (Wildman–Crippen MR) is 95.6 cm³/mol. The predicted octanol–water partition coefficient (Wildman–Crippen LogP) is 1.07. The number of likely N-dealkylation sites (tertiary alicyclic amines) is 1. The van der Waals surface area contributed by atoms with Crippen LogP contribution in [0.3, 0.4) is 0 Å². The van der Waals surface area contributed by atoms with Gasteiger partial charge in [-0.1, -0.05) is 0 Å². The van der Waals surface area contributed by atoms with Gasteiger partial charge >= 0.3 is 12.1 Å². The second-order valence-corrected chi connectivity index (χ2v) is 6.02. The standard InChI is InChI=1S/C17H20N6O5/c1-2-27-17(26)23-7-3-11(4-8-23)20-15(25)13-10-28-16(21-13)22-14(24)12-9-18-5-6-19-12/h5-6,9-11H,2-4,7-8H2,1H3,(H,20,25)(H,21,22,24). The van der Waals surface area contributed by atoms with Crippen LogP contribution in [0.15, 0.2) is 29.3 Å². The van der Waals surface area contributed by atoms with Gasteiger partial charge in [-0.05, 0) is 19.8 Å². The number of amides is 3. The second-order valence-electron chi connectivity index (χ2n) is 6.02. The summed E-state index contributed by atoms with van der Waals surface area (Å²) >= 11 is 0. The number of nitrogens with one attached hydrogen (secondary N) is 2. The van der Waals surface area contributed by atoms with Crippen LogP contribution in [0.1, 0.15) is 40.7 Å². The first kappa shape index (κ1) is 19.3. The normalized spacial score (nSPS) is 14.4. The first-order chi connectivity index (χ1) is 13.6. The van der Waals surface area contributed by atoms with E-state index in [0.717, 1.165) is 6.26 Å². The Morgan fingerprint density at radius 3 is 2.68 bits per heavy atom. The van der Waals surface area contributed by atoms with Gasteiger partial charge in [0.05, 0.1) is 12.8 Å². The van der Waals surface area contributed by atoms with Crippen molar-refractivity contribution < 1.29 is 23.5 Å². The minimum atomic E-state index is -0.548. The monoisotopic (exact) mass is 388 g/mol. The molecule has 148 valence electrons. The minimum absolute atomic E-state index is 0.0438. The Bertz CT molecular complexity index is 832. The zero-order valence-corrected chi connectivity index (χ0v) is 15.3. The molecule has 0 aromatic carbocycles. The smallest absolute Gasteiger partial charge is 0.409 e. The van der Waals surface area contributed by atoms with Crippen LogP contribution in [-0.4, -0.2) is 63.5 Å². The quantitative estimate of drug-likeness (QED) is 0.775. The van der Waals surface area contributed by atoms with E-state index < -0.39 is 11.8 Å². The molecule has 0 spiro atoms. The van der Waals surface area contributed by atoms with E-state index in [4.69, 9.17) is 9.15 Å². The van der Waals surface area contributed by atoms with Crippen LogP contribution < -0.4 is 10.6 Å². The highest BCUT2D eigenvalue weighted by Crippen LogP contribution is 2.13. The number of anilines is 1. The van der Waals surface area contributed by atoms with E-state index in [0.29, 0.717) is 32.5 Å². The van der Waals surface area contributed by atoms with Crippen molar-refractivity contribution >= 4 is 23.9 Å². The van der Waals surface area contributed by atoms with E-state index in [-0.39, 0.29) is 29.5 Å². The Kier molecular flexibility index (Phi) is 6.14. The summed E-state index contributed by atoms with van der Waals surface area (Å²) in [6.45, 7) is 3.09. The molecule has 0 bridgehead atoms. The van der Waals surface area contributed by atoms with Crippen molar-refractivity contribution in [2.45, 2.75) is 25.8 Å². The Morgan fingerprint density at radius 1 is 1.21 bits per heavy atom. The molecule has 1 aliphatic rings. The number of rotatable bonds is 5. The van der Waals surface area contributed by atoms with Gasteiger partial charge in [-0.3, -0.25) is 19.9 Å². The van der Waals surface area contributed by atoms with Gasteiger partial charge in [-0.25, -0.2) is 9.78 Å². The molecule has 3 amide bonds. The number of aromatic nitrogens is 3. The molecule has 1 saturated heterocycles. The van der Waals surface area contributed by atoms with Gasteiger partial charge in [0.1, 0.15) is 12.0 Å². The van der Waals surface area contributed by atoms with E-state index in [2.05, 4.69) is 25.6 Å². The molecule has 11 nitrogen and oxygen atoms in total. The number of ether oxygens (including phenoxy) is 1. The van der Waals surface area contributed by atoms with Crippen molar-refractivity contribution in [2.75, 3.05) is 25.0 Å². The third-order valence-electron chi connectivity index (χ3n) is 4.11. The van der Waals surface area contributed by atoms with Crippen molar-refractivity contribution in [3.05, 3.63) is 36.2 Å². The summed E-state index contributed by atoms with van der Waals surface area (Å²) in [5, 5.41) is 5.26. The Morgan fingerprint density at radius 2 is 2.00 bits per heavy atom. The lowest BCUT2D eigenvalue weighted by atomic mass is 10.1. The molecular formula is C17H20N6O5. The highest BCUT2D eigenvalue weighted by Gasteiger charge is 2.25. The van der Waals surface area contributed by atoms with Crippen LogP contribution in [0.4, 0.5) is 10.8 Å². The SMILES string of the molecule is CCOC(=O)N1CCC(NC(=O)c2coc(NC(=O)c3cnccn3)n2)CC1. The van der Waals surface area contributed by atoms with E-state index in [1.165, 1.54) is 18.6 Å². The molecule has 11 heteroatoms. The summed E-state index contributed by atoms with van der Waals surface area (Å²) in [4.78, 5) is 49.2. The Labute approximate surface area is 160 Å². The minimum Gasteiger partial charge on any atom is -0.450 e. The van der Waals surface area contributed by atoms with Crippen molar-refractivity contribution in [3.63, 3.8) is 0 Å². The van der Waals surface area contributed by atoms with Gasteiger partial charge in [-0.15, -0.1) is 0 Å². The van der Waals surface area contributed by atoms with Crippen molar-refractivity contribution in [2.24, 2.45) is 0 Å². The highest BCUT2D eigenvalue weighted by atomic mass is 16.6. The van der Waals surface area contributed by atoms with Crippen LogP contribution in [0.25, 0.3) is 0 Å². The molecule has 0 unspecified atom stereocenters. The lowest BCUT2D eigenvalue weighted by Crippen LogP contribution is -2.46. The van der Waals surface area contributed by atoms with Crippen LogP contribution in [0, 0.1) is 0 Å². The van der Waals surface area contributed by atoms with Gasteiger partial charge in [0.2, 0.25) is 0 Å². The third kappa shape index (κ3) is 4.81. The molecule has 1 aliphatic heterocycles. The summed E-state index contributed by atoms with van der Waals surface area (Å²) in [6.07, 6.45) is 6.17. The summed E-state index contributed by atoms with van der Waals surface area (Å²) in [6, 6.07) is -0.203. The molecule has 1 fully saturated rings. The Hall–Kier alpha value is -3.50. The second kappa shape index (κ2) is 8.93. The third-order valence-corrected chi connectivity index (χ3v) is 4.11. The first-order valence-electron chi connectivity index (χ1n) is 8.82. The van der Waals surface area contributed by atoms with Crippen molar-refractivity contribution in [3.8, 4) is 0 Å². The van der Waals surface area contributed by atoms with E-state index in [9.17, 15) is 14.4 Å². The molecule has 2 aromatic rings. The van der Waals surface area contributed by atoms with Crippen molar-refractivity contribution in [1.29, 1.82) is 0 Å². The summed E-state index contributed by atoms with van der Waals surface area (Å²) in [5.74, 6) is -0.966. The fourth-order valence-electron chi connectivity index (χ4n) is 2.69. The molecular weight excluding hydrogens is 368 g/mol. The maximum Gasteiger partial charge on any atom is 0.409 e. The lowest BCUT2D eigenvalue weighted by Gasteiger charge is -2.31. The van der Waals surface area contributed by atoms with Crippen LogP contribution in [-0.2, 0) is 4.74 Å². The molecule has 2 N–H and O–H groups in total. The van der Waals surface area contributed by atoms with Gasteiger partial charge < -0.3 is 19.4 Å². The average Bonchev–Trinajstić information content (AvgIpc) is 3.18. The summed E-state index contributed by atoms with van der Waals surface area (Å²) in [7, 11) is 0. The molecule has 3 heterocycles. The largest absolute Gasteiger partial charge is 0.450 e. The number of carbonyl (C=O) groups excluding carboxylic acids is 3. The molecule has 0 aliphatic carbocycles. The molecule has 3 rings (SSSR count). The van der Waals surface area contributed by atoms with Gasteiger partial charge in [0.25, 0.3) is 11.8 Å².